The molecule has 3 aromatic rings. The zero-order chi connectivity index (χ0) is 23.4. The standard InChI is InChI=1S/C24H26ClN3O4S/c1-3-12-31-24(30)21-17-6-4-5-7-20(17)33-23(21)26-22(29)18-10-11-28(27-18)14-32-19-9-8-16(25)13-15(19)2/h8-11,13H,3-7,12,14H2,1-2H3,(H,26,29). The maximum Gasteiger partial charge on any atom is 0.341 e. The van der Waals surface area contributed by atoms with Crippen molar-refractivity contribution in [3.05, 3.63) is 62.7 Å². The lowest BCUT2D eigenvalue weighted by molar-refractivity contribution is 0.0505. The van der Waals surface area contributed by atoms with Gasteiger partial charge in [-0.3, -0.25) is 4.79 Å². The molecule has 1 aromatic carbocycles. The van der Waals surface area contributed by atoms with Crippen molar-refractivity contribution in [2.24, 2.45) is 0 Å². The second-order valence-electron chi connectivity index (χ2n) is 7.93. The van der Waals surface area contributed by atoms with E-state index in [1.54, 1.807) is 29.1 Å². The third kappa shape index (κ3) is 5.39. The summed E-state index contributed by atoms with van der Waals surface area (Å²) in [6.45, 7) is 4.37. The molecule has 1 amide bonds. The summed E-state index contributed by atoms with van der Waals surface area (Å²) in [5, 5.41) is 8.39. The number of thiophene rings is 1. The van der Waals surface area contributed by atoms with Crippen molar-refractivity contribution in [2.45, 2.75) is 52.7 Å². The average molecular weight is 488 g/mol. The van der Waals surface area contributed by atoms with Crippen LogP contribution in [0, 0.1) is 6.92 Å². The van der Waals surface area contributed by atoms with E-state index < -0.39 is 0 Å². The van der Waals surface area contributed by atoms with Crippen molar-refractivity contribution in [3.63, 3.8) is 0 Å². The number of fused-ring (bicyclic) bond motifs is 1. The van der Waals surface area contributed by atoms with Crippen molar-refractivity contribution in [1.82, 2.24) is 9.78 Å². The Morgan fingerprint density at radius 3 is 2.85 bits per heavy atom. The predicted molar refractivity (Wildman–Crippen MR) is 129 cm³/mol. The van der Waals surface area contributed by atoms with E-state index in [-0.39, 0.29) is 24.3 Å². The molecule has 0 saturated carbocycles. The molecule has 0 bridgehead atoms. The summed E-state index contributed by atoms with van der Waals surface area (Å²) in [4.78, 5) is 26.8. The summed E-state index contributed by atoms with van der Waals surface area (Å²) >= 11 is 7.44. The number of anilines is 1. The minimum atomic E-state index is -0.375. The summed E-state index contributed by atoms with van der Waals surface area (Å²) < 4.78 is 12.7. The lowest BCUT2D eigenvalue weighted by Gasteiger charge is -2.12. The van der Waals surface area contributed by atoms with Gasteiger partial charge in [0.15, 0.2) is 12.4 Å². The fourth-order valence-electron chi connectivity index (χ4n) is 3.77. The average Bonchev–Trinajstić information content (AvgIpc) is 3.41. The van der Waals surface area contributed by atoms with Gasteiger partial charge in [-0.15, -0.1) is 11.3 Å². The Hall–Kier alpha value is -2.84. The number of nitrogens with one attached hydrogen (secondary N) is 1. The normalized spacial score (nSPS) is 12.8. The molecule has 0 spiro atoms. The van der Waals surface area contributed by atoms with Crippen molar-refractivity contribution >= 4 is 39.8 Å². The Morgan fingerprint density at radius 2 is 2.06 bits per heavy atom. The Balaban J connectivity index is 1.47. The zero-order valence-electron chi connectivity index (χ0n) is 18.7. The number of rotatable bonds is 8. The van der Waals surface area contributed by atoms with Gasteiger partial charge in [-0.05, 0) is 74.4 Å². The van der Waals surface area contributed by atoms with Crippen LogP contribution in [0.3, 0.4) is 0 Å². The van der Waals surface area contributed by atoms with Gasteiger partial charge in [0, 0.05) is 16.1 Å². The summed E-state index contributed by atoms with van der Waals surface area (Å²) in [7, 11) is 0. The quantitative estimate of drug-likeness (QED) is 0.416. The van der Waals surface area contributed by atoms with Crippen molar-refractivity contribution in [3.8, 4) is 5.75 Å². The summed E-state index contributed by atoms with van der Waals surface area (Å²) in [6.07, 6.45) is 6.28. The number of carbonyl (C=O) groups excluding carboxylic acids is 2. The SMILES string of the molecule is CCCOC(=O)c1c(NC(=O)c2ccn(COc3ccc(Cl)cc3C)n2)sc2c1CCCC2. The molecule has 4 rings (SSSR count). The van der Waals surface area contributed by atoms with Gasteiger partial charge in [0.25, 0.3) is 5.91 Å². The number of aryl methyl sites for hydroxylation is 2. The van der Waals surface area contributed by atoms with Crippen molar-refractivity contribution < 1.29 is 19.1 Å². The third-order valence-electron chi connectivity index (χ3n) is 5.40. The fraction of sp³-hybridized carbons (Fsp3) is 0.375. The number of esters is 1. The summed E-state index contributed by atoms with van der Waals surface area (Å²) in [6, 6.07) is 7.00. The van der Waals surface area contributed by atoms with Crippen LogP contribution in [-0.2, 0) is 24.3 Å². The van der Waals surface area contributed by atoms with E-state index in [4.69, 9.17) is 21.1 Å². The minimum Gasteiger partial charge on any atom is -0.471 e. The van der Waals surface area contributed by atoms with Crippen LogP contribution in [-0.4, -0.2) is 28.3 Å². The van der Waals surface area contributed by atoms with Crippen molar-refractivity contribution in [1.29, 1.82) is 0 Å². The molecular formula is C24H26ClN3O4S. The van der Waals surface area contributed by atoms with Crippen LogP contribution >= 0.6 is 22.9 Å². The monoisotopic (exact) mass is 487 g/mol. The molecule has 2 heterocycles. The molecule has 0 radical (unpaired) electrons. The molecular weight excluding hydrogens is 462 g/mol. The van der Waals surface area contributed by atoms with Crippen LogP contribution < -0.4 is 10.1 Å². The smallest absolute Gasteiger partial charge is 0.341 e. The molecule has 1 N–H and O–H groups in total. The Kier molecular flexibility index (Phi) is 7.35. The van der Waals surface area contributed by atoms with E-state index >= 15 is 0 Å². The molecule has 0 unspecified atom stereocenters. The fourth-order valence-corrected chi connectivity index (χ4v) is 5.27. The molecule has 2 aromatic heterocycles. The largest absolute Gasteiger partial charge is 0.471 e. The number of amides is 1. The zero-order valence-corrected chi connectivity index (χ0v) is 20.2. The Morgan fingerprint density at radius 1 is 1.24 bits per heavy atom. The molecule has 1 aliphatic carbocycles. The second kappa shape index (κ2) is 10.4. The molecule has 0 aliphatic heterocycles. The van der Waals surface area contributed by atoms with Crippen LogP contribution in [0.1, 0.15) is 63.0 Å². The van der Waals surface area contributed by atoms with Crippen LogP contribution in [0.5, 0.6) is 5.75 Å². The highest BCUT2D eigenvalue weighted by atomic mass is 35.5. The number of halogens is 1. The number of benzene rings is 1. The van der Waals surface area contributed by atoms with Crippen LogP contribution in [0.2, 0.25) is 5.02 Å². The van der Waals surface area contributed by atoms with Gasteiger partial charge >= 0.3 is 5.97 Å². The van der Waals surface area contributed by atoms with Crippen molar-refractivity contribution in [2.75, 3.05) is 11.9 Å². The van der Waals surface area contributed by atoms with E-state index in [1.807, 2.05) is 19.9 Å². The Labute approximate surface area is 201 Å². The van der Waals surface area contributed by atoms with E-state index in [0.29, 0.717) is 27.9 Å². The predicted octanol–water partition coefficient (Wildman–Crippen LogP) is 5.64. The van der Waals surface area contributed by atoms with Gasteiger partial charge in [0.05, 0.1) is 12.2 Å². The second-order valence-corrected chi connectivity index (χ2v) is 9.47. The van der Waals surface area contributed by atoms with Crippen LogP contribution in [0.15, 0.2) is 30.5 Å². The minimum absolute atomic E-state index is 0.150. The number of hydrogen-bond donors (Lipinski definition) is 1. The maximum atomic E-state index is 12.9. The van der Waals surface area contributed by atoms with Crippen LogP contribution in [0.25, 0.3) is 0 Å². The molecule has 9 heteroatoms. The van der Waals surface area contributed by atoms with E-state index in [0.717, 1.165) is 48.1 Å². The lowest BCUT2D eigenvalue weighted by Crippen LogP contribution is -2.17. The number of carbonyl (C=O) groups is 2. The number of nitrogens with zero attached hydrogens (tertiary/aromatic N) is 2. The molecule has 1 aliphatic rings. The van der Waals surface area contributed by atoms with Gasteiger partial charge in [-0.1, -0.05) is 18.5 Å². The summed E-state index contributed by atoms with van der Waals surface area (Å²) in [5.41, 5.74) is 2.67. The number of hydrogen-bond acceptors (Lipinski definition) is 6. The van der Waals surface area contributed by atoms with E-state index in [2.05, 4.69) is 10.4 Å². The van der Waals surface area contributed by atoms with Gasteiger partial charge in [0.1, 0.15) is 10.8 Å². The van der Waals surface area contributed by atoms with Gasteiger partial charge in [0.2, 0.25) is 0 Å². The molecule has 0 fully saturated rings. The first-order valence-electron chi connectivity index (χ1n) is 11.0. The molecule has 33 heavy (non-hydrogen) atoms. The maximum absolute atomic E-state index is 12.9. The van der Waals surface area contributed by atoms with Gasteiger partial charge in [-0.2, -0.15) is 5.10 Å². The van der Waals surface area contributed by atoms with E-state index in [9.17, 15) is 9.59 Å². The number of ether oxygens (including phenoxy) is 2. The topological polar surface area (TPSA) is 82.5 Å². The number of aromatic nitrogens is 2. The highest BCUT2D eigenvalue weighted by molar-refractivity contribution is 7.17. The first-order valence-corrected chi connectivity index (χ1v) is 12.2. The Bertz CT molecular complexity index is 1170. The first kappa shape index (κ1) is 23.3. The molecule has 174 valence electrons. The highest BCUT2D eigenvalue weighted by Gasteiger charge is 2.28. The summed E-state index contributed by atoms with van der Waals surface area (Å²) in [5.74, 6) is -0.0522. The van der Waals surface area contributed by atoms with Gasteiger partial charge in [-0.25, -0.2) is 9.48 Å². The van der Waals surface area contributed by atoms with Gasteiger partial charge < -0.3 is 14.8 Å². The third-order valence-corrected chi connectivity index (χ3v) is 6.84. The molecule has 7 nitrogen and oxygen atoms in total. The highest BCUT2D eigenvalue weighted by Crippen LogP contribution is 2.38. The molecule has 0 atom stereocenters. The van der Waals surface area contributed by atoms with E-state index in [1.165, 1.54) is 11.3 Å². The van der Waals surface area contributed by atoms with Crippen LogP contribution in [0.4, 0.5) is 5.00 Å². The molecule has 0 saturated heterocycles. The first-order chi connectivity index (χ1) is 16.0. The lowest BCUT2D eigenvalue weighted by atomic mass is 9.95.